The first-order valence-corrected chi connectivity index (χ1v) is 19.4. The summed E-state index contributed by atoms with van der Waals surface area (Å²) in [5.41, 5.74) is 15.5. The number of benzene rings is 9. The van der Waals surface area contributed by atoms with Crippen LogP contribution >= 0.6 is 0 Å². The van der Waals surface area contributed by atoms with E-state index >= 15 is 0 Å². The summed E-state index contributed by atoms with van der Waals surface area (Å²) in [6.45, 7) is 0. The Morgan fingerprint density at radius 1 is 0.333 bits per heavy atom. The molecule has 0 bridgehead atoms. The third kappa shape index (κ3) is 5.68. The molecule has 0 saturated heterocycles. The molecule has 0 amide bonds. The molecule has 3 nitrogen and oxygen atoms in total. The highest BCUT2D eigenvalue weighted by Crippen LogP contribution is 2.44. The van der Waals surface area contributed by atoms with Gasteiger partial charge in [0.1, 0.15) is 11.2 Å². The van der Waals surface area contributed by atoms with E-state index in [2.05, 4.69) is 216 Å². The number of hydrogen-bond donors (Lipinski definition) is 0. The molecule has 2 aromatic heterocycles. The topological polar surface area (TPSA) is 21.3 Å². The van der Waals surface area contributed by atoms with Crippen molar-refractivity contribution < 1.29 is 4.42 Å². The van der Waals surface area contributed by atoms with Crippen LogP contribution in [0.1, 0.15) is 0 Å². The summed E-state index contributed by atoms with van der Waals surface area (Å²) in [5, 5.41) is 4.67. The van der Waals surface area contributed by atoms with Crippen molar-refractivity contribution in [3.05, 3.63) is 218 Å². The number of rotatable bonds is 7. The van der Waals surface area contributed by atoms with Crippen molar-refractivity contribution in [1.82, 2.24) is 4.57 Å². The van der Waals surface area contributed by atoms with E-state index in [1.54, 1.807) is 0 Å². The van der Waals surface area contributed by atoms with Gasteiger partial charge in [-0.05, 0) is 94.0 Å². The van der Waals surface area contributed by atoms with Gasteiger partial charge in [0.25, 0.3) is 0 Å². The van der Waals surface area contributed by atoms with Crippen molar-refractivity contribution in [2.45, 2.75) is 0 Å². The highest BCUT2D eigenvalue weighted by Gasteiger charge is 2.21. The predicted octanol–water partition coefficient (Wildman–Crippen LogP) is 15.2. The minimum Gasteiger partial charge on any atom is -0.456 e. The summed E-state index contributed by atoms with van der Waals surface area (Å²) in [7, 11) is 0. The van der Waals surface area contributed by atoms with Gasteiger partial charge in [0.2, 0.25) is 0 Å². The Kier molecular flexibility index (Phi) is 7.82. The highest BCUT2D eigenvalue weighted by molar-refractivity contribution is 6.16. The number of para-hydroxylation sites is 2. The van der Waals surface area contributed by atoms with Gasteiger partial charge in [-0.15, -0.1) is 0 Å². The Morgan fingerprint density at radius 3 is 1.56 bits per heavy atom. The molecule has 11 aromatic rings. The number of furan rings is 1. The van der Waals surface area contributed by atoms with E-state index < -0.39 is 0 Å². The van der Waals surface area contributed by atoms with Crippen LogP contribution in [0.15, 0.2) is 223 Å². The van der Waals surface area contributed by atoms with Crippen LogP contribution in [0.3, 0.4) is 0 Å². The number of anilines is 3. The fourth-order valence-electron chi connectivity index (χ4n) is 8.50. The fraction of sp³-hybridized carbons (Fsp3) is 0. The minimum absolute atomic E-state index is 0.863. The Balaban J connectivity index is 1.11. The lowest BCUT2D eigenvalue weighted by atomic mass is 9.97. The Morgan fingerprint density at radius 2 is 0.860 bits per heavy atom. The lowest BCUT2D eigenvalue weighted by Crippen LogP contribution is -2.10. The zero-order valence-corrected chi connectivity index (χ0v) is 31.1. The molecule has 0 aliphatic heterocycles. The molecule has 0 aliphatic carbocycles. The lowest BCUT2D eigenvalue weighted by Gasteiger charge is -2.26. The molecule has 268 valence electrons. The van der Waals surface area contributed by atoms with E-state index in [-0.39, 0.29) is 0 Å². The van der Waals surface area contributed by atoms with Gasteiger partial charge in [-0.1, -0.05) is 152 Å². The van der Waals surface area contributed by atoms with Gasteiger partial charge >= 0.3 is 0 Å². The summed E-state index contributed by atoms with van der Waals surface area (Å²) < 4.78 is 8.85. The molecule has 0 radical (unpaired) electrons. The molecule has 0 atom stereocenters. The van der Waals surface area contributed by atoms with Crippen LogP contribution in [-0.4, -0.2) is 4.57 Å². The van der Waals surface area contributed by atoms with E-state index in [0.717, 1.165) is 50.2 Å². The van der Waals surface area contributed by atoms with Crippen LogP contribution in [-0.2, 0) is 0 Å². The van der Waals surface area contributed by atoms with E-state index in [9.17, 15) is 0 Å². The molecule has 2 heterocycles. The van der Waals surface area contributed by atoms with Crippen molar-refractivity contribution in [2.24, 2.45) is 0 Å². The van der Waals surface area contributed by atoms with Gasteiger partial charge < -0.3 is 13.9 Å². The lowest BCUT2D eigenvalue weighted by molar-refractivity contribution is 0.669. The summed E-state index contributed by atoms with van der Waals surface area (Å²) in [5.74, 6) is 0. The van der Waals surface area contributed by atoms with Crippen molar-refractivity contribution in [1.29, 1.82) is 0 Å². The maximum atomic E-state index is 6.44. The van der Waals surface area contributed by atoms with Crippen LogP contribution < -0.4 is 4.90 Å². The van der Waals surface area contributed by atoms with Crippen LogP contribution in [0.5, 0.6) is 0 Å². The maximum absolute atomic E-state index is 6.44. The molecule has 0 N–H and O–H groups in total. The molecule has 3 heteroatoms. The van der Waals surface area contributed by atoms with Gasteiger partial charge in [-0.25, -0.2) is 0 Å². The van der Waals surface area contributed by atoms with Crippen molar-refractivity contribution >= 4 is 60.8 Å². The number of nitrogens with zero attached hydrogens (tertiary/aromatic N) is 2. The van der Waals surface area contributed by atoms with Gasteiger partial charge in [0.15, 0.2) is 0 Å². The van der Waals surface area contributed by atoms with Crippen LogP contribution in [0.2, 0.25) is 0 Å². The summed E-state index contributed by atoms with van der Waals surface area (Å²) in [4.78, 5) is 2.34. The number of fused-ring (bicyclic) bond motifs is 6. The second-order valence-electron chi connectivity index (χ2n) is 14.5. The van der Waals surface area contributed by atoms with Crippen molar-refractivity contribution in [2.75, 3.05) is 4.90 Å². The van der Waals surface area contributed by atoms with E-state index in [4.69, 9.17) is 4.42 Å². The first-order valence-electron chi connectivity index (χ1n) is 19.4. The Labute approximate surface area is 330 Å². The van der Waals surface area contributed by atoms with Gasteiger partial charge in [-0.3, -0.25) is 0 Å². The largest absolute Gasteiger partial charge is 0.456 e. The Hall–Kier alpha value is -7.62. The molecule has 0 aliphatic rings. The van der Waals surface area contributed by atoms with Gasteiger partial charge in [0, 0.05) is 50.4 Å². The average Bonchev–Trinajstić information content (AvgIpc) is 3.83. The first-order chi connectivity index (χ1) is 28.3. The Bertz CT molecular complexity index is 3200. The number of hydrogen-bond acceptors (Lipinski definition) is 2. The normalized spacial score (nSPS) is 11.5. The second-order valence-corrected chi connectivity index (χ2v) is 14.5. The van der Waals surface area contributed by atoms with E-state index in [1.165, 1.54) is 49.7 Å². The third-order valence-electron chi connectivity index (χ3n) is 11.2. The number of aromatic nitrogens is 1. The van der Waals surface area contributed by atoms with E-state index in [1.807, 2.05) is 12.1 Å². The van der Waals surface area contributed by atoms with Crippen LogP contribution in [0.4, 0.5) is 17.1 Å². The molecular formula is C54H36N2O. The molecule has 57 heavy (non-hydrogen) atoms. The standard InChI is InChI=1S/C54H36N2O/c1-4-13-37(14-5-1)39-23-25-41(26-24-39)46-20-12-21-50-54(46)49-34-32-44(35-51(49)56(50)42-17-8-3-9-18-42)55(43-29-27-40(28-30-43)38-15-6-2-7-16-38)45-31-33-48-47-19-10-11-22-52(47)57-53(48)36-45/h1-36H. The molecule has 0 unspecified atom stereocenters. The monoisotopic (exact) mass is 728 g/mol. The van der Waals surface area contributed by atoms with Crippen LogP contribution in [0, 0.1) is 0 Å². The molecular weight excluding hydrogens is 693 g/mol. The third-order valence-corrected chi connectivity index (χ3v) is 11.2. The zero-order chi connectivity index (χ0) is 37.7. The van der Waals surface area contributed by atoms with Crippen molar-refractivity contribution in [3.63, 3.8) is 0 Å². The zero-order valence-electron chi connectivity index (χ0n) is 31.1. The molecule has 0 spiro atoms. The molecule has 0 fully saturated rings. The van der Waals surface area contributed by atoms with Crippen LogP contribution in [0.25, 0.3) is 82.8 Å². The van der Waals surface area contributed by atoms with Gasteiger partial charge in [0.05, 0.1) is 11.0 Å². The summed E-state index contributed by atoms with van der Waals surface area (Å²) in [6, 6.07) is 78.1. The summed E-state index contributed by atoms with van der Waals surface area (Å²) >= 11 is 0. The maximum Gasteiger partial charge on any atom is 0.137 e. The summed E-state index contributed by atoms with van der Waals surface area (Å²) in [6.07, 6.45) is 0. The fourth-order valence-corrected chi connectivity index (χ4v) is 8.50. The second kappa shape index (κ2) is 13.6. The molecule has 9 aromatic carbocycles. The minimum atomic E-state index is 0.863. The molecule has 11 rings (SSSR count). The highest BCUT2D eigenvalue weighted by atomic mass is 16.3. The van der Waals surface area contributed by atoms with Gasteiger partial charge in [-0.2, -0.15) is 0 Å². The quantitative estimate of drug-likeness (QED) is 0.163. The first kappa shape index (κ1) is 32.8. The SMILES string of the molecule is c1ccc(-c2ccc(-c3cccc4c3c3ccc(N(c5ccc(-c6ccccc6)cc5)c5ccc6c(c5)oc5ccccc56)cc3n4-c3ccccc3)cc2)cc1. The van der Waals surface area contributed by atoms with E-state index in [0.29, 0.717) is 0 Å². The molecule has 0 saturated carbocycles. The smallest absolute Gasteiger partial charge is 0.137 e. The van der Waals surface area contributed by atoms with Crippen molar-refractivity contribution in [3.8, 4) is 39.1 Å². The average molecular weight is 729 g/mol. The predicted molar refractivity (Wildman–Crippen MR) is 239 cm³/mol.